The van der Waals surface area contributed by atoms with E-state index in [0.29, 0.717) is 19.3 Å². The van der Waals surface area contributed by atoms with E-state index in [1.165, 1.54) is 94.6 Å². The molecule has 5 N–H and O–H groups in total. The van der Waals surface area contributed by atoms with Crippen molar-refractivity contribution >= 4 is 65.0 Å². The second kappa shape index (κ2) is 36.5. The first-order chi connectivity index (χ1) is 42.2. The molecule has 2 rings (SSSR count). The predicted octanol–water partition coefficient (Wildman–Crippen LogP) is 4.11. The normalized spacial score (nSPS) is 26.6. The van der Waals surface area contributed by atoms with Gasteiger partial charge in [0.1, 0.15) is 66.5 Å². The van der Waals surface area contributed by atoms with Crippen molar-refractivity contribution in [2.75, 3.05) is 49.3 Å². The van der Waals surface area contributed by atoms with Crippen molar-refractivity contribution in [1.29, 1.82) is 0 Å². The highest BCUT2D eigenvalue weighted by Gasteiger charge is 2.46. The molecule has 516 valence electrons. The van der Waals surface area contributed by atoms with Crippen LogP contribution in [0.1, 0.15) is 168 Å². The van der Waals surface area contributed by atoms with Crippen molar-refractivity contribution in [3.05, 3.63) is 30.1 Å². The number of hydrogen-bond acceptors (Lipinski definition) is 13. The quantitative estimate of drug-likeness (QED) is 0.147. The molecule has 1 fully saturated rings. The average Bonchev–Trinajstić information content (AvgIpc) is 0.883. The Balaban J connectivity index is 3.00. The van der Waals surface area contributed by atoms with Crippen molar-refractivity contribution in [3.63, 3.8) is 0 Å². The Kier molecular flexibility index (Phi) is 32.2. The van der Waals surface area contributed by atoms with Gasteiger partial charge in [-0.3, -0.25) is 57.7 Å². The van der Waals surface area contributed by atoms with Crippen LogP contribution in [0.2, 0.25) is 0 Å². The minimum atomic E-state index is -1.63. The molecule has 91 heavy (non-hydrogen) atoms. The Hall–Kier alpha value is -6.72. The molecule has 0 bridgehead atoms. The van der Waals surface area contributed by atoms with Crippen LogP contribution in [-0.2, 0) is 59.2 Å². The minimum absolute atomic E-state index is 0.00906. The molecule has 0 saturated carbocycles. The fourth-order valence-electron chi connectivity index (χ4n) is 11.8. The standard InChI is InChI=1S/C67H116N12O12/c1-25-48-63(87)73(18)46(17)62(86)74(19)50(34-38(4)5)59(83)72-53(41(10)11)66(90)75(20)49(33-37(2)3)58(82)69-44(15)57(81)70-45(16)61(85)76(21)51(35-39(6)7)64(88)77(22)52(36-40(8)9)65(89)78(23)54(42(12)13)67(91)79(24)55(60(84)71-48)56(80)43(14)27-26-28-47-29-31-68-32-30-47/h29-32,37-46,48-56,80H,25-28,33-36H2,1-24H3,(H,69,82)(H,70,81)(H,71,84)(H,72,83)/t43-,44-,45+,46-,48-,49-,50+,51-,52-,53-,54-,55-,56-/m1/s1. The van der Waals surface area contributed by atoms with Gasteiger partial charge in [0.25, 0.3) is 0 Å². The van der Waals surface area contributed by atoms with E-state index < -0.39 is 155 Å². The summed E-state index contributed by atoms with van der Waals surface area (Å²) in [6.07, 6.45) is 4.08. The maximum absolute atomic E-state index is 15.4. The lowest BCUT2D eigenvalue weighted by Crippen LogP contribution is -2.64. The topological polar surface area (TPSA) is 292 Å². The van der Waals surface area contributed by atoms with Crippen molar-refractivity contribution in [2.24, 2.45) is 41.4 Å². The number of aliphatic hydroxyl groups is 1. The van der Waals surface area contributed by atoms with Crippen LogP contribution in [0.15, 0.2) is 24.5 Å². The molecule has 1 saturated heterocycles. The summed E-state index contributed by atoms with van der Waals surface area (Å²) in [5, 5.41) is 23.5. The Labute approximate surface area is 543 Å². The first-order valence-corrected chi connectivity index (χ1v) is 32.8. The lowest BCUT2D eigenvalue weighted by Gasteiger charge is -2.41. The van der Waals surface area contributed by atoms with E-state index in [1.807, 2.05) is 67.5 Å². The summed E-state index contributed by atoms with van der Waals surface area (Å²) in [7, 11) is 9.99. The largest absolute Gasteiger partial charge is 0.390 e. The number of aliphatic hydroxyl groups excluding tert-OH is 1. The number of aromatic nitrogens is 1. The second-order valence-corrected chi connectivity index (χ2v) is 27.9. The summed E-state index contributed by atoms with van der Waals surface area (Å²) in [5.41, 5.74) is 1.01. The Morgan fingerprint density at radius 1 is 0.440 bits per heavy atom. The van der Waals surface area contributed by atoms with Gasteiger partial charge in [-0.15, -0.1) is 0 Å². The molecular formula is C67H116N12O12. The van der Waals surface area contributed by atoms with Crippen LogP contribution in [0.4, 0.5) is 0 Å². The monoisotopic (exact) mass is 1280 g/mol. The first kappa shape index (κ1) is 80.4. The highest BCUT2D eigenvalue weighted by molar-refractivity contribution is 6.00. The van der Waals surface area contributed by atoms with Gasteiger partial charge in [-0.1, -0.05) is 96.9 Å². The Morgan fingerprint density at radius 3 is 1.32 bits per heavy atom. The molecule has 24 nitrogen and oxygen atoms in total. The SMILES string of the molecule is CC[C@H]1NC(=O)[C@@H]([C@H](O)[C@H](C)CCCc2ccncc2)N(C)C(=O)[C@@H](C(C)C)N(C)C(=O)[C@@H](CC(C)C)N(C)C(=O)[C@@H](CC(C)C)N(C)C(=O)[C@H](C)NC(=O)[C@@H](C)NC(=O)[C@@H](CC(C)C)N(C)C(=O)[C@@H](C(C)C)NC(=O)[C@H](CC(C)C)N(C)C(=O)[C@@H](C)N(C)C1=O. The molecular weight excluding hydrogens is 1160 g/mol. The highest BCUT2D eigenvalue weighted by Crippen LogP contribution is 2.26. The van der Waals surface area contributed by atoms with Gasteiger partial charge in [-0.25, -0.2) is 0 Å². The molecule has 13 atom stereocenters. The average molecular weight is 1280 g/mol. The van der Waals surface area contributed by atoms with Crippen LogP contribution in [0.25, 0.3) is 0 Å². The number of rotatable bonds is 17. The number of hydrogen-bond donors (Lipinski definition) is 5. The number of nitrogens with one attached hydrogen (secondary N) is 4. The number of pyridine rings is 1. The van der Waals surface area contributed by atoms with Crippen LogP contribution in [0, 0.1) is 41.4 Å². The van der Waals surface area contributed by atoms with Crippen LogP contribution >= 0.6 is 0 Å². The van der Waals surface area contributed by atoms with Crippen LogP contribution in [0.5, 0.6) is 0 Å². The Morgan fingerprint density at radius 2 is 0.857 bits per heavy atom. The van der Waals surface area contributed by atoms with E-state index >= 15 is 19.2 Å². The third-order valence-corrected chi connectivity index (χ3v) is 17.7. The van der Waals surface area contributed by atoms with E-state index in [4.69, 9.17) is 0 Å². The smallest absolute Gasteiger partial charge is 0.246 e. The summed E-state index contributed by atoms with van der Waals surface area (Å²) in [5.74, 6) is -9.79. The summed E-state index contributed by atoms with van der Waals surface area (Å²) >= 11 is 0. The van der Waals surface area contributed by atoms with E-state index in [0.717, 1.165) is 15.4 Å². The molecule has 1 aliphatic heterocycles. The molecule has 2 heterocycles. The fraction of sp³-hybridized carbons (Fsp3) is 0.761. The van der Waals surface area contributed by atoms with Gasteiger partial charge in [0, 0.05) is 61.7 Å². The van der Waals surface area contributed by atoms with Crippen molar-refractivity contribution in [1.82, 2.24) is 60.6 Å². The zero-order valence-corrected chi connectivity index (χ0v) is 59.5. The molecule has 0 spiro atoms. The van der Waals surface area contributed by atoms with Crippen LogP contribution in [0.3, 0.4) is 0 Å². The molecule has 11 amide bonds. The van der Waals surface area contributed by atoms with Crippen molar-refractivity contribution in [2.45, 2.75) is 242 Å². The van der Waals surface area contributed by atoms with Gasteiger partial charge in [0.2, 0.25) is 65.0 Å². The van der Waals surface area contributed by atoms with Crippen LogP contribution in [-0.4, -0.2) is 231 Å². The number of aryl methyl sites for hydroxylation is 1. The van der Waals surface area contributed by atoms with Crippen molar-refractivity contribution in [3.8, 4) is 0 Å². The molecule has 1 aromatic rings. The highest BCUT2D eigenvalue weighted by atomic mass is 16.3. The molecule has 1 aromatic heterocycles. The van der Waals surface area contributed by atoms with Gasteiger partial charge < -0.3 is 60.7 Å². The lowest BCUT2D eigenvalue weighted by molar-refractivity contribution is -0.157. The third kappa shape index (κ3) is 22.2. The summed E-state index contributed by atoms with van der Waals surface area (Å²) in [6.45, 7) is 29.7. The zero-order chi connectivity index (χ0) is 70.0. The number of carbonyl (C=O) groups excluding carboxylic acids is 11. The molecule has 0 aromatic carbocycles. The summed E-state index contributed by atoms with van der Waals surface area (Å²) < 4.78 is 0. The Bertz CT molecular complexity index is 2620. The van der Waals surface area contributed by atoms with Gasteiger partial charge in [-0.05, 0) is 131 Å². The van der Waals surface area contributed by atoms with E-state index in [2.05, 4.69) is 26.3 Å². The predicted molar refractivity (Wildman–Crippen MR) is 351 cm³/mol. The molecule has 1 aliphatic rings. The summed E-state index contributed by atoms with van der Waals surface area (Å²) in [4.78, 5) is 175. The molecule has 24 heteroatoms. The third-order valence-electron chi connectivity index (χ3n) is 17.7. The number of amides is 11. The maximum Gasteiger partial charge on any atom is 0.246 e. The van der Waals surface area contributed by atoms with Gasteiger partial charge in [0.15, 0.2) is 0 Å². The van der Waals surface area contributed by atoms with E-state index in [1.54, 1.807) is 53.9 Å². The van der Waals surface area contributed by atoms with Crippen LogP contribution < -0.4 is 21.3 Å². The van der Waals surface area contributed by atoms with Gasteiger partial charge in [0.05, 0.1) is 6.10 Å². The number of likely N-dealkylation sites (N-methyl/N-ethyl adjacent to an activating group) is 7. The fourth-order valence-corrected chi connectivity index (χ4v) is 11.8. The zero-order valence-electron chi connectivity index (χ0n) is 59.5. The molecule has 0 aliphatic carbocycles. The minimum Gasteiger partial charge on any atom is -0.390 e. The summed E-state index contributed by atoms with van der Waals surface area (Å²) in [6, 6.07) is -9.93. The second-order valence-electron chi connectivity index (χ2n) is 27.9. The van der Waals surface area contributed by atoms with E-state index in [9.17, 15) is 38.7 Å². The molecule has 0 radical (unpaired) electrons. The maximum atomic E-state index is 15.4. The number of carbonyl (C=O) groups is 11. The van der Waals surface area contributed by atoms with E-state index in [-0.39, 0.29) is 55.8 Å². The number of nitrogens with zero attached hydrogens (tertiary/aromatic N) is 8. The van der Waals surface area contributed by atoms with Crippen molar-refractivity contribution < 1.29 is 57.8 Å². The van der Waals surface area contributed by atoms with Gasteiger partial charge in [-0.2, -0.15) is 0 Å². The first-order valence-electron chi connectivity index (χ1n) is 32.8. The lowest BCUT2D eigenvalue weighted by atomic mass is 9.89. The molecule has 0 unspecified atom stereocenters. The van der Waals surface area contributed by atoms with Gasteiger partial charge >= 0.3 is 0 Å².